The highest BCUT2D eigenvalue weighted by atomic mass is 16.5. The fourth-order valence-corrected chi connectivity index (χ4v) is 11.2. The van der Waals surface area contributed by atoms with Gasteiger partial charge >= 0.3 is 5.97 Å². The summed E-state index contributed by atoms with van der Waals surface area (Å²) in [5.74, 6) is -0.0115. The Hall–Kier alpha value is -1.40. The third kappa shape index (κ3) is 61.8. The summed E-state index contributed by atoms with van der Waals surface area (Å²) in [7, 11) is 0. The normalized spacial score (nSPS) is 12.5. The molecule has 0 aliphatic carbocycles. The number of unbranched alkanes of at least 4 members (excludes halogenated alkanes) is 53. The minimum absolute atomic E-state index is 0.0212. The number of amides is 1. The van der Waals surface area contributed by atoms with Crippen LogP contribution in [0.3, 0.4) is 0 Å². The van der Waals surface area contributed by atoms with E-state index in [-0.39, 0.29) is 18.5 Å². The number of ether oxygens (including phenoxy) is 1. The molecule has 3 N–H and O–H groups in total. The van der Waals surface area contributed by atoms with Crippen LogP contribution in [0.5, 0.6) is 0 Å². The Morgan fingerprint density at radius 3 is 0.934 bits per heavy atom. The Morgan fingerprint density at radius 2 is 0.618 bits per heavy atom. The van der Waals surface area contributed by atoms with Crippen LogP contribution in [0.4, 0.5) is 0 Å². The van der Waals surface area contributed by atoms with E-state index in [0.29, 0.717) is 25.9 Å². The van der Waals surface area contributed by atoms with Crippen LogP contribution in [0, 0.1) is 0 Å². The second kappa shape index (κ2) is 66.1. The molecule has 452 valence electrons. The van der Waals surface area contributed by atoms with Crippen molar-refractivity contribution in [1.82, 2.24) is 5.32 Å². The van der Waals surface area contributed by atoms with Gasteiger partial charge < -0.3 is 20.3 Å². The molecule has 0 heterocycles. The maximum Gasteiger partial charge on any atom is 0.305 e. The Labute approximate surface area is 476 Å². The van der Waals surface area contributed by atoms with Crippen molar-refractivity contribution in [3.63, 3.8) is 0 Å². The molecular weight excluding hydrogens is 935 g/mol. The molecule has 0 aromatic heterocycles. The summed E-state index contributed by atoms with van der Waals surface area (Å²) in [5.41, 5.74) is 0. The predicted molar refractivity (Wildman–Crippen MR) is 333 cm³/mol. The Morgan fingerprint density at radius 1 is 0.355 bits per heavy atom. The summed E-state index contributed by atoms with van der Waals surface area (Å²) in [4.78, 5) is 24.6. The summed E-state index contributed by atoms with van der Waals surface area (Å²) >= 11 is 0. The molecule has 76 heavy (non-hydrogen) atoms. The number of allylic oxidation sites excluding steroid dienone is 2. The molecule has 0 aromatic carbocycles. The number of aliphatic hydroxyl groups excluding tert-OH is 2. The maximum absolute atomic E-state index is 12.5. The van der Waals surface area contributed by atoms with Crippen molar-refractivity contribution >= 4 is 11.9 Å². The first-order valence-electron chi connectivity index (χ1n) is 34.9. The predicted octanol–water partition coefficient (Wildman–Crippen LogP) is 22.4. The van der Waals surface area contributed by atoms with Gasteiger partial charge in [-0.15, -0.1) is 0 Å². The molecule has 2 unspecified atom stereocenters. The maximum atomic E-state index is 12.5. The minimum atomic E-state index is -0.663. The highest BCUT2D eigenvalue weighted by Gasteiger charge is 2.20. The van der Waals surface area contributed by atoms with Gasteiger partial charge in [0.15, 0.2) is 0 Å². The van der Waals surface area contributed by atoms with Gasteiger partial charge in [0.05, 0.1) is 25.4 Å². The average molecular weight is 1070 g/mol. The second-order valence-corrected chi connectivity index (χ2v) is 24.2. The summed E-state index contributed by atoms with van der Waals surface area (Å²) in [6.45, 7) is 4.99. The van der Waals surface area contributed by atoms with Gasteiger partial charge in [0.1, 0.15) is 0 Å². The molecule has 0 aliphatic heterocycles. The summed E-state index contributed by atoms with van der Waals surface area (Å²) in [6, 6.07) is -0.540. The lowest BCUT2D eigenvalue weighted by Crippen LogP contribution is -2.45. The first kappa shape index (κ1) is 74.6. The molecular formula is C70H137NO5. The number of nitrogens with one attached hydrogen (secondary N) is 1. The van der Waals surface area contributed by atoms with E-state index in [2.05, 4.69) is 31.3 Å². The van der Waals surface area contributed by atoms with Gasteiger partial charge in [-0.05, 0) is 51.4 Å². The van der Waals surface area contributed by atoms with Gasteiger partial charge in [-0.1, -0.05) is 347 Å². The van der Waals surface area contributed by atoms with Crippen molar-refractivity contribution in [2.75, 3.05) is 13.2 Å². The van der Waals surface area contributed by atoms with Gasteiger partial charge in [0.2, 0.25) is 5.91 Å². The Balaban J connectivity index is 3.34. The number of hydrogen-bond donors (Lipinski definition) is 3. The van der Waals surface area contributed by atoms with E-state index >= 15 is 0 Å². The quantitative estimate of drug-likeness (QED) is 0.0320. The van der Waals surface area contributed by atoms with Crippen molar-refractivity contribution in [1.29, 1.82) is 0 Å². The lowest BCUT2D eigenvalue weighted by Gasteiger charge is -2.22. The summed E-state index contributed by atoms with van der Waals surface area (Å²) in [5, 5.41) is 23.3. The van der Waals surface area contributed by atoms with Crippen LogP contribution in [0.2, 0.25) is 0 Å². The van der Waals surface area contributed by atoms with Gasteiger partial charge in [-0.2, -0.15) is 0 Å². The zero-order valence-electron chi connectivity index (χ0n) is 51.8. The van der Waals surface area contributed by atoms with Gasteiger partial charge in [0, 0.05) is 12.8 Å². The largest absolute Gasteiger partial charge is 0.466 e. The molecule has 0 rings (SSSR count). The summed E-state index contributed by atoms with van der Waals surface area (Å²) in [6.07, 6.45) is 81.2. The highest BCUT2D eigenvalue weighted by Crippen LogP contribution is 2.19. The molecule has 0 saturated heterocycles. The number of aliphatic hydroxyl groups is 2. The lowest BCUT2D eigenvalue weighted by atomic mass is 10.0. The van der Waals surface area contributed by atoms with E-state index in [9.17, 15) is 19.8 Å². The number of hydrogen-bond acceptors (Lipinski definition) is 5. The summed E-state index contributed by atoms with van der Waals surface area (Å²) < 4.78 is 5.51. The van der Waals surface area contributed by atoms with E-state index < -0.39 is 12.1 Å². The van der Waals surface area contributed by atoms with E-state index in [1.807, 2.05) is 0 Å². The van der Waals surface area contributed by atoms with Crippen molar-refractivity contribution in [3.05, 3.63) is 12.2 Å². The number of rotatable bonds is 66. The second-order valence-electron chi connectivity index (χ2n) is 24.2. The molecule has 0 radical (unpaired) electrons. The number of esters is 1. The topological polar surface area (TPSA) is 95.9 Å². The fourth-order valence-electron chi connectivity index (χ4n) is 11.2. The molecule has 1 amide bonds. The van der Waals surface area contributed by atoms with Crippen LogP contribution in [0.1, 0.15) is 399 Å². The Kier molecular flexibility index (Phi) is 64.9. The van der Waals surface area contributed by atoms with Crippen molar-refractivity contribution in [2.45, 2.75) is 411 Å². The van der Waals surface area contributed by atoms with E-state index in [1.165, 1.54) is 327 Å². The molecule has 0 aromatic rings. The van der Waals surface area contributed by atoms with E-state index in [1.54, 1.807) is 0 Å². The number of carbonyl (C=O) groups excluding carboxylic acids is 2. The average Bonchev–Trinajstić information content (AvgIpc) is 3.42. The standard InChI is InChI=1S/C70H137NO5/c1-3-5-7-9-11-13-15-17-18-19-33-36-40-44-48-52-56-60-64-70(75)76-65-61-57-53-49-45-41-37-34-31-29-27-25-23-21-20-22-24-26-28-30-32-35-39-43-47-51-55-59-63-69(74)71-67(66-72)68(73)62-58-54-50-46-42-38-16-14-12-10-8-6-4-2/h20-21,67-68,72-73H,3-19,22-66H2,1-2H3,(H,71,74)/b21-20-. The first-order valence-corrected chi connectivity index (χ1v) is 34.9. The van der Waals surface area contributed by atoms with Gasteiger partial charge in [0.25, 0.3) is 0 Å². The third-order valence-corrected chi connectivity index (χ3v) is 16.6. The van der Waals surface area contributed by atoms with Crippen molar-refractivity contribution < 1.29 is 24.5 Å². The minimum Gasteiger partial charge on any atom is -0.466 e. The van der Waals surface area contributed by atoms with Crippen LogP contribution < -0.4 is 5.32 Å². The van der Waals surface area contributed by atoms with E-state index in [0.717, 1.165) is 38.5 Å². The highest BCUT2D eigenvalue weighted by molar-refractivity contribution is 5.76. The zero-order valence-corrected chi connectivity index (χ0v) is 51.8. The van der Waals surface area contributed by atoms with Crippen molar-refractivity contribution in [2.24, 2.45) is 0 Å². The molecule has 6 nitrogen and oxygen atoms in total. The van der Waals surface area contributed by atoms with E-state index in [4.69, 9.17) is 4.74 Å². The Bertz CT molecular complexity index is 1140. The van der Waals surface area contributed by atoms with Crippen molar-refractivity contribution in [3.8, 4) is 0 Å². The van der Waals surface area contributed by atoms with Crippen LogP contribution in [-0.4, -0.2) is 47.4 Å². The molecule has 0 fully saturated rings. The lowest BCUT2D eigenvalue weighted by molar-refractivity contribution is -0.143. The third-order valence-electron chi connectivity index (χ3n) is 16.6. The smallest absolute Gasteiger partial charge is 0.305 e. The first-order chi connectivity index (χ1) is 37.5. The monoisotopic (exact) mass is 1070 g/mol. The SMILES string of the molecule is CCCCCCCCCCCCCCCCCCCCC(=O)OCCCCCCCCCCCCCC/C=C\CCCCCCCCCCCCCCC(=O)NC(CO)C(O)CCCCCCCCCCCCCCC. The molecule has 0 spiro atoms. The fraction of sp³-hybridized carbons (Fsp3) is 0.943. The molecule has 2 atom stereocenters. The molecule has 0 bridgehead atoms. The van der Waals surface area contributed by atoms with Crippen LogP contribution in [0.25, 0.3) is 0 Å². The number of carbonyl (C=O) groups is 2. The van der Waals surface area contributed by atoms with Crippen LogP contribution in [-0.2, 0) is 14.3 Å². The molecule has 0 saturated carbocycles. The van der Waals surface area contributed by atoms with Crippen LogP contribution in [0.15, 0.2) is 12.2 Å². The molecule has 0 aliphatic rings. The van der Waals surface area contributed by atoms with Gasteiger partial charge in [-0.3, -0.25) is 9.59 Å². The molecule has 6 heteroatoms. The van der Waals surface area contributed by atoms with Gasteiger partial charge in [-0.25, -0.2) is 0 Å². The zero-order chi connectivity index (χ0) is 55.0. The van der Waals surface area contributed by atoms with Crippen LogP contribution >= 0.6 is 0 Å².